The Hall–Kier alpha value is -2.40. The Morgan fingerprint density at radius 3 is 2.44 bits per heavy atom. The van der Waals surface area contributed by atoms with Gasteiger partial charge in [-0.25, -0.2) is 0 Å². The Morgan fingerprint density at radius 1 is 0.889 bits per heavy atom. The van der Waals surface area contributed by atoms with Gasteiger partial charge in [-0.05, 0) is 29.3 Å². The van der Waals surface area contributed by atoms with E-state index in [4.69, 9.17) is 4.74 Å². The number of aliphatic hydroxyl groups is 1. The first-order valence-electron chi connectivity index (χ1n) is 9.73. The molecule has 0 aliphatic carbocycles. The summed E-state index contributed by atoms with van der Waals surface area (Å²) in [7, 11) is 0. The number of benzene rings is 3. The number of rotatable bonds is 10. The van der Waals surface area contributed by atoms with Crippen molar-refractivity contribution in [1.29, 1.82) is 0 Å². The van der Waals surface area contributed by atoms with Crippen molar-refractivity contribution in [2.45, 2.75) is 26.2 Å². The smallest absolute Gasteiger partial charge is 0.129 e. The Labute approximate surface area is 161 Å². The Bertz CT molecular complexity index is 834. The third-order valence-electron chi connectivity index (χ3n) is 4.67. The highest BCUT2D eigenvalue weighted by Gasteiger charge is 2.11. The Morgan fingerprint density at radius 2 is 1.63 bits per heavy atom. The minimum absolute atomic E-state index is 0.249. The zero-order valence-corrected chi connectivity index (χ0v) is 16.0. The van der Waals surface area contributed by atoms with E-state index in [1.807, 2.05) is 25.1 Å². The standard InChI is InChI=1S/C23H28N2O2/c1-18(26)15-24-13-14-25-16-22-21-10-6-5-9-20(21)11-12-23(22)27-17-19-7-3-2-4-8-19/h2-12,18,24-26H,13-17H2,1H3/p+2/t18-/m1/s1. The van der Waals surface area contributed by atoms with Gasteiger partial charge in [-0.3, -0.25) is 0 Å². The zero-order valence-electron chi connectivity index (χ0n) is 16.0. The minimum atomic E-state index is -0.249. The molecule has 0 spiro atoms. The van der Waals surface area contributed by atoms with Gasteiger partial charge in [-0.15, -0.1) is 0 Å². The first-order valence-corrected chi connectivity index (χ1v) is 9.73. The third-order valence-corrected chi connectivity index (χ3v) is 4.67. The summed E-state index contributed by atoms with van der Waals surface area (Å²) in [5, 5.41) is 16.3. The number of fused-ring (bicyclic) bond motifs is 1. The zero-order chi connectivity index (χ0) is 18.9. The van der Waals surface area contributed by atoms with Gasteiger partial charge in [-0.1, -0.05) is 60.7 Å². The van der Waals surface area contributed by atoms with Crippen LogP contribution in [0.3, 0.4) is 0 Å². The number of ether oxygens (including phenoxy) is 1. The van der Waals surface area contributed by atoms with Crippen LogP contribution in [0.4, 0.5) is 0 Å². The lowest BCUT2D eigenvalue weighted by molar-refractivity contribution is -0.733. The van der Waals surface area contributed by atoms with Crippen LogP contribution in [0.15, 0.2) is 66.7 Å². The Balaban J connectivity index is 1.68. The maximum absolute atomic E-state index is 9.34. The van der Waals surface area contributed by atoms with E-state index < -0.39 is 0 Å². The van der Waals surface area contributed by atoms with Gasteiger partial charge >= 0.3 is 0 Å². The molecule has 3 rings (SSSR count). The van der Waals surface area contributed by atoms with Crippen molar-refractivity contribution >= 4 is 10.8 Å². The molecule has 0 aliphatic heterocycles. The van der Waals surface area contributed by atoms with E-state index in [1.165, 1.54) is 21.9 Å². The normalized spacial score (nSPS) is 12.2. The van der Waals surface area contributed by atoms with Crippen LogP contribution in [0.1, 0.15) is 18.1 Å². The monoisotopic (exact) mass is 366 g/mol. The quantitative estimate of drug-likeness (QED) is 0.475. The molecular weight excluding hydrogens is 336 g/mol. The van der Waals surface area contributed by atoms with Crippen molar-refractivity contribution in [1.82, 2.24) is 0 Å². The summed E-state index contributed by atoms with van der Waals surface area (Å²) in [6, 6.07) is 23.0. The van der Waals surface area contributed by atoms with Crippen molar-refractivity contribution in [2.75, 3.05) is 19.6 Å². The fourth-order valence-electron chi connectivity index (χ4n) is 3.24. The Kier molecular flexibility index (Phi) is 7.22. The van der Waals surface area contributed by atoms with Crippen LogP contribution in [0, 0.1) is 0 Å². The van der Waals surface area contributed by atoms with Crippen molar-refractivity contribution < 1.29 is 20.5 Å². The molecule has 0 aliphatic rings. The molecule has 4 nitrogen and oxygen atoms in total. The van der Waals surface area contributed by atoms with Crippen LogP contribution in [0.25, 0.3) is 10.8 Å². The van der Waals surface area contributed by atoms with Gasteiger partial charge in [-0.2, -0.15) is 0 Å². The molecule has 4 heteroatoms. The molecule has 0 saturated carbocycles. The molecule has 27 heavy (non-hydrogen) atoms. The molecule has 3 aromatic rings. The highest BCUT2D eigenvalue weighted by atomic mass is 16.5. The highest BCUT2D eigenvalue weighted by molar-refractivity contribution is 5.87. The molecule has 0 fully saturated rings. The summed E-state index contributed by atoms with van der Waals surface area (Å²) in [5.41, 5.74) is 2.42. The molecule has 0 radical (unpaired) electrons. The van der Waals surface area contributed by atoms with Gasteiger partial charge in [0.15, 0.2) is 0 Å². The summed E-state index contributed by atoms with van der Waals surface area (Å²) >= 11 is 0. The number of quaternary nitrogens is 2. The second-order valence-corrected chi connectivity index (χ2v) is 6.98. The lowest BCUT2D eigenvalue weighted by Gasteiger charge is -2.14. The topological polar surface area (TPSA) is 62.7 Å². The van der Waals surface area contributed by atoms with Gasteiger partial charge < -0.3 is 20.5 Å². The van der Waals surface area contributed by atoms with Crippen LogP contribution in [-0.2, 0) is 13.2 Å². The summed E-state index contributed by atoms with van der Waals surface area (Å²) < 4.78 is 6.18. The number of aliphatic hydroxyl groups excluding tert-OH is 1. The van der Waals surface area contributed by atoms with Gasteiger partial charge in [0, 0.05) is 0 Å². The molecule has 0 heterocycles. The van der Waals surface area contributed by atoms with E-state index in [0.717, 1.165) is 31.9 Å². The number of nitrogens with two attached hydrogens (primary N) is 2. The van der Waals surface area contributed by atoms with E-state index in [1.54, 1.807) is 0 Å². The molecule has 0 bridgehead atoms. The molecule has 1 atom stereocenters. The molecular formula is C23H30N2O2+2. The minimum Gasteiger partial charge on any atom is -0.488 e. The summed E-state index contributed by atoms with van der Waals surface area (Å²) in [6.45, 7) is 6.05. The maximum atomic E-state index is 9.34. The predicted molar refractivity (Wildman–Crippen MR) is 109 cm³/mol. The van der Waals surface area contributed by atoms with Crippen molar-refractivity contribution in [2.24, 2.45) is 0 Å². The van der Waals surface area contributed by atoms with Crippen molar-refractivity contribution in [3.05, 3.63) is 77.9 Å². The molecule has 5 N–H and O–H groups in total. The van der Waals surface area contributed by atoms with E-state index in [2.05, 4.69) is 59.2 Å². The van der Waals surface area contributed by atoms with E-state index in [-0.39, 0.29) is 6.10 Å². The van der Waals surface area contributed by atoms with E-state index >= 15 is 0 Å². The number of hydrogen-bond donors (Lipinski definition) is 3. The van der Waals surface area contributed by atoms with Crippen molar-refractivity contribution in [3.63, 3.8) is 0 Å². The fraction of sp³-hybridized carbons (Fsp3) is 0.304. The lowest BCUT2D eigenvalue weighted by Crippen LogP contribution is -2.95. The summed E-state index contributed by atoms with van der Waals surface area (Å²) in [4.78, 5) is 0. The van der Waals surface area contributed by atoms with Crippen LogP contribution >= 0.6 is 0 Å². The van der Waals surface area contributed by atoms with E-state index in [0.29, 0.717) is 6.61 Å². The average Bonchev–Trinajstić information content (AvgIpc) is 2.70. The average molecular weight is 367 g/mol. The first kappa shape index (κ1) is 19.4. The van der Waals surface area contributed by atoms with Crippen LogP contribution in [-0.4, -0.2) is 30.8 Å². The summed E-state index contributed by atoms with van der Waals surface area (Å²) in [6.07, 6.45) is -0.249. The van der Waals surface area contributed by atoms with Crippen LogP contribution < -0.4 is 15.4 Å². The predicted octanol–water partition coefficient (Wildman–Crippen LogP) is 1.43. The molecule has 0 amide bonds. The van der Waals surface area contributed by atoms with Gasteiger partial charge in [0.2, 0.25) is 0 Å². The highest BCUT2D eigenvalue weighted by Crippen LogP contribution is 2.28. The van der Waals surface area contributed by atoms with Crippen LogP contribution in [0.5, 0.6) is 5.75 Å². The largest absolute Gasteiger partial charge is 0.488 e. The van der Waals surface area contributed by atoms with Gasteiger partial charge in [0.25, 0.3) is 0 Å². The second kappa shape index (κ2) is 10.1. The van der Waals surface area contributed by atoms with Gasteiger partial charge in [0.1, 0.15) is 38.5 Å². The molecule has 0 unspecified atom stereocenters. The molecule has 3 aromatic carbocycles. The lowest BCUT2D eigenvalue weighted by atomic mass is 10.0. The second-order valence-electron chi connectivity index (χ2n) is 6.98. The fourth-order valence-corrected chi connectivity index (χ4v) is 3.24. The number of hydrogen-bond acceptors (Lipinski definition) is 2. The summed E-state index contributed by atoms with van der Waals surface area (Å²) in [5.74, 6) is 0.960. The van der Waals surface area contributed by atoms with Crippen LogP contribution in [0.2, 0.25) is 0 Å². The molecule has 0 saturated heterocycles. The molecule has 0 aromatic heterocycles. The van der Waals surface area contributed by atoms with Gasteiger partial charge in [0.05, 0.1) is 11.7 Å². The van der Waals surface area contributed by atoms with Crippen molar-refractivity contribution in [3.8, 4) is 5.75 Å². The maximum Gasteiger partial charge on any atom is 0.129 e. The molecule has 142 valence electrons. The van der Waals surface area contributed by atoms with E-state index in [9.17, 15) is 5.11 Å². The SMILES string of the molecule is C[C@@H](O)C[NH2+]CC[NH2+]Cc1c(OCc2ccccc2)ccc2ccccc12. The third kappa shape index (κ3) is 5.79. The first-order chi connectivity index (χ1) is 13.2.